The van der Waals surface area contributed by atoms with E-state index in [0.717, 1.165) is 12.8 Å². The molecule has 2 nitrogen and oxygen atoms in total. The van der Waals surface area contributed by atoms with E-state index in [-0.39, 0.29) is 11.3 Å². The second-order valence-electron chi connectivity index (χ2n) is 4.23. The largest absolute Gasteiger partial charge is 0.315 e. The molecule has 0 heterocycles. The van der Waals surface area contributed by atoms with Crippen molar-refractivity contribution in [3.63, 3.8) is 0 Å². The van der Waals surface area contributed by atoms with E-state index in [0.29, 0.717) is 17.9 Å². The second kappa shape index (κ2) is 4.15. The van der Waals surface area contributed by atoms with E-state index in [9.17, 15) is 9.18 Å². The molecule has 0 amide bonds. The van der Waals surface area contributed by atoms with Gasteiger partial charge in [-0.15, -0.1) is 0 Å². The number of carbonyl (C=O) groups excluding carboxylic acids is 1. The lowest BCUT2D eigenvalue weighted by atomic mass is 9.76. The van der Waals surface area contributed by atoms with Crippen LogP contribution in [0.3, 0.4) is 0 Å². The van der Waals surface area contributed by atoms with Crippen LogP contribution in [0.2, 0.25) is 5.02 Å². The molecule has 1 aromatic rings. The third-order valence-electron chi connectivity index (χ3n) is 3.13. The Morgan fingerprint density at radius 3 is 2.75 bits per heavy atom. The fourth-order valence-corrected chi connectivity index (χ4v) is 2.35. The Bertz CT molecular complexity index is 435. The Kier molecular flexibility index (Phi) is 3.00. The number of carbonyl (C=O) groups is 1. The maximum absolute atomic E-state index is 13.7. The van der Waals surface area contributed by atoms with Crippen LogP contribution in [0.1, 0.15) is 31.2 Å². The molecule has 0 spiro atoms. The molecule has 1 unspecified atom stereocenters. The molecule has 16 heavy (non-hydrogen) atoms. The van der Waals surface area contributed by atoms with Crippen molar-refractivity contribution in [1.29, 1.82) is 0 Å². The molecule has 1 aromatic carbocycles. The number of nitrogens with two attached hydrogens (primary N) is 1. The van der Waals surface area contributed by atoms with Crippen LogP contribution in [-0.4, -0.2) is 5.78 Å². The zero-order valence-electron chi connectivity index (χ0n) is 8.80. The van der Waals surface area contributed by atoms with Crippen LogP contribution in [0, 0.1) is 5.82 Å². The van der Waals surface area contributed by atoms with Crippen LogP contribution in [0.5, 0.6) is 0 Å². The molecule has 2 rings (SSSR count). The van der Waals surface area contributed by atoms with Crippen LogP contribution >= 0.6 is 11.6 Å². The average Bonchev–Trinajstić information content (AvgIpc) is 2.22. The predicted octanol–water partition coefficient (Wildman–Crippen LogP) is 2.78. The molecule has 86 valence electrons. The van der Waals surface area contributed by atoms with Gasteiger partial charge in [0.25, 0.3) is 0 Å². The molecule has 0 bridgehead atoms. The minimum atomic E-state index is -1.16. The molecule has 1 aliphatic carbocycles. The summed E-state index contributed by atoms with van der Waals surface area (Å²) in [6.45, 7) is 0. The molecular weight excluding hydrogens is 229 g/mol. The summed E-state index contributed by atoms with van der Waals surface area (Å²) in [5, 5.41) is 0.313. The van der Waals surface area contributed by atoms with Crippen LogP contribution in [0.25, 0.3) is 0 Å². The van der Waals surface area contributed by atoms with Gasteiger partial charge < -0.3 is 5.73 Å². The average molecular weight is 242 g/mol. The van der Waals surface area contributed by atoms with Gasteiger partial charge in [-0.1, -0.05) is 24.1 Å². The number of hydrogen-bond donors (Lipinski definition) is 1. The second-order valence-corrected chi connectivity index (χ2v) is 4.66. The minimum absolute atomic E-state index is 0.0834. The molecule has 2 N–H and O–H groups in total. The Morgan fingerprint density at radius 2 is 2.12 bits per heavy atom. The molecule has 1 atom stereocenters. The van der Waals surface area contributed by atoms with Gasteiger partial charge in [0.1, 0.15) is 11.4 Å². The van der Waals surface area contributed by atoms with E-state index < -0.39 is 11.4 Å². The van der Waals surface area contributed by atoms with Gasteiger partial charge >= 0.3 is 0 Å². The summed E-state index contributed by atoms with van der Waals surface area (Å²) in [4.78, 5) is 11.8. The van der Waals surface area contributed by atoms with Gasteiger partial charge in [0.05, 0.1) is 0 Å². The van der Waals surface area contributed by atoms with Gasteiger partial charge in [-0.05, 0) is 25.0 Å². The lowest BCUT2D eigenvalue weighted by molar-refractivity contribution is -0.126. The minimum Gasteiger partial charge on any atom is -0.315 e. The Hall–Kier alpha value is -0.930. The molecule has 1 saturated carbocycles. The monoisotopic (exact) mass is 241 g/mol. The van der Waals surface area contributed by atoms with Crippen molar-refractivity contribution in [3.8, 4) is 0 Å². The predicted molar refractivity (Wildman–Crippen MR) is 60.8 cm³/mol. The van der Waals surface area contributed by atoms with Gasteiger partial charge in [0, 0.05) is 17.0 Å². The Balaban J connectivity index is 2.45. The van der Waals surface area contributed by atoms with Gasteiger partial charge in [0.2, 0.25) is 0 Å². The number of hydrogen-bond acceptors (Lipinski definition) is 2. The smallest absolute Gasteiger partial charge is 0.157 e. The first kappa shape index (κ1) is 11.6. The molecular formula is C12H13ClFNO. The molecule has 0 aliphatic heterocycles. The molecule has 0 saturated heterocycles. The SMILES string of the molecule is NC1(c2ccc(Cl)cc2F)CCCCC1=O. The summed E-state index contributed by atoms with van der Waals surface area (Å²) in [5.41, 5.74) is 5.15. The van der Waals surface area contributed by atoms with Crippen molar-refractivity contribution in [2.45, 2.75) is 31.2 Å². The summed E-state index contributed by atoms with van der Waals surface area (Å²) in [5.74, 6) is -0.578. The third-order valence-corrected chi connectivity index (χ3v) is 3.37. The lowest BCUT2D eigenvalue weighted by Gasteiger charge is -2.32. The van der Waals surface area contributed by atoms with Crippen molar-refractivity contribution in [2.24, 2.45) is 5.73 Å². The highest BCUT2D eigenvalue weighted by molar-refractivity contribution is 6.30. The number of rotatable bonds is 1. The van der Waals surface area contributed by atoms with Crippen LogP contribution in [-0.2, 0) is 10.3 Å². The highest BCUT2D eigenvalue weighted by atomic mass is 35.5. The van der Waals surface area contributed by atoms with Gasteiger partial charge in [-0.3, -0.25) is 4.79 Å². The van der Waals surface area contributed by atoms with Crippen molar-refractivity contribution in [3.05, 3.63) is 34.6 Å². The molecule has 1 aliphatic rings. The normalized spacial score (nSPS) is 25.8. The lowest BCUT2D eigenvalue weighted by Crippen LogP contribution is -2.47. The number of benzene rings is 1. The van der Waals surface area contributed by atoms with Crippen molar-refractivity contribution in [2.75, 3.05) is 0 Å². The van der Waals surface area contributed by atoms with Crippen LogP contribution < -0.4 is 5.73 Å². The zero-order chi connectivity index (χ0) is 11.8. The highest BCUT2D eigenvalue weighted by Gasteiger charge is 2.39. The summed E-state index contributed by atoms with van der Waals surface area (Å²) < 4.78 is 13.7. The van der Waals surface area contributed by atoms with Crippen LogP contribution in [0.4, 0.5) is 4.39 Å². The molecule has 0 radical (unpaired) electrons. The van der Waals surface area contributed by atoms with E-state index in [1.165, 1.54) is 12.1 Å². The summed E-state index contributed by atoms with van der Waals surface area (Å²) in [6.07, 6.45) is 2.63. The fourth-order valence-electron chi connectivity index (χ4n) is 2.19. The number of ketones is 1. The van der Waals surface area contributed by atoms with Crippen LogP contribution in [0.15, 0.2) is 18.2 Å². The molecule has 1 fully saturated rings. The Morgan fingerprint density at radius 1 is 1.38 bits per heavy atom. The van der Waals surface area contributed by atoms with E-state index >= 15 is 0 Å². The summed E-state index contributed by atoms with van der Waals surface area (Å²) >= 11 is 5.67. The fraction of sp³-hybridized carbons (Fsp3) is 0.417. The first-order chi connectivity index (χ1) is 7.54. The quantitative estimate of drug-likeness (QED) is 0.822. The Labute approximate surface area is 98.6 Å². The first-order valence-corrected chi connectivity index (χ1v) is 5.69. The van der Waals surface area contributed by atoms with Gasteiger partial charge in [0.15, 0.2) is 5.78 Å². The summed E-state index contributed by atoms with van der Waals surface area (Å²) in [7, 11) is 0. The molecule has 0 aromatic heterocycles. The maximum atomic E-state index is 13.7. The molecule has 4 heteroatoms. The number of Topliss-reactive ketones (excluding diaryl/α,β-unsaturated/α-hetero) is 1. The third kappa shape index (κ3) is 1.85. The van der Waals surface area contributed by atoms with Gasteiger partial charge in [-0.2, -0.15) is 0 Å². The van der Waals surface area contributed by atoms with Crippen molar-refractivity contribution in [1.82, 2.24) is 0 Å². The van der Waals surface area contributed by atoms with E-state index in [1.54, 1.807) is 6.07 Å². The number of halogens is 2. The topological polar surface area (TPSA) is 43.1 Å². The van der Waals surface area contributed by atoms with Crippen molar-refractivity contribution < 1.29 is 9.18 Å². The standard InChI is InChI=1S/C12H13ClFNO/c13-8-4-5-9(10(14)7-8)12(15)6-2-1-3-11(12)16/h4-5,7H,1-3,6,15H2. The van der Waals surface area contributed by atoms with E-state index in [4.69, 9.17) is 17.3 Å². The maximum Gasteiger partial charge on any atom is 0.157 e. The van der Waals surface area contributed by atoms with E-state index in [1.807, 2.05) is 0 Å². The first-order valence-electron chi connectivity index (χ1n) is 5.32. The van der Waals surface area contributed by atoms with Gasteiger partial charge in [-0.25, -0.2) is 4.39 Å². The van der Waals surface area contributed by atoms with Crippen molar-refractivity contribution >= 4 is 17.4 Å². The zero-order valence-corrected chi connectivity index (χ0v) is 9.56. The highest BCUT2D eigenvalue weighted by Crippen LogP contribution is 2.34. The van der Waals surface area contributed by atoms with E-state index in [2.05, 4.69) is 0 Å². The summed E-state index contributed by atoms with van der Waals surface area (Å²) in [6, 6.07) is 4.28.